The maximum Gasteiger partial charge on any atom is 0.228 e. The lowest BCUT2D eigenvalue weighted by Crippen LogP contribution is -2.24. The minimum atomic E-state index is 0.113. The van der Waals surface area contributed by atoms with Crippen molar-refractivity contribution < 1.29 is 4.79 Å². The summed E-state index contributed by atoms with van der Waals surface area (Å²) in [5, 5.41) is 1.07. The number of rotatable bonds is 2. The van der Waals surface area contributed by atoms with E-state index >= 15 is 0 Å². The van der Waals surface area contributed by atoms with E-state index in [9.17, 15) is 4.79 Å². The standard InChI is InChI=1S/C16H15N5O/c1-10-6-18-16-12(10)5-11(7-19-16)13-8-17-9-14(20-13)21-4-2-3-15(21)22/h5-9H,2-4H2,1H3,(H,18,19). The maximum absolute atomic E-state index is 11.8. The number of aryl methyl sites for hydroxylation is 1. The molecule has 1 amide bonds. The van der Waals surface area contributed by atoms with Gasteiger partial charge in [0.25, 0.3) is 0 Å². The van der Waals surface area contributed by atoms with Crippen LogP contribution < -0.4 is 4.90 Å². The fourth-order valence-corrected chi connectivity index (χ4v) is 2.79. The highest BCUT2D eigenvalue weighted by molar-refractivity contribution is 5.94. The highest BCUT2D eigenvalue weighted by Crippen LogP contribution is 2.25. The van der Waals surface area contributed by atoms with Crippen molar-refractivity contribution in [3.63, 3.8) is 0 Å². The lowest BCUT2D eigenvalue weighted by Gasteiger charge is -2.14. The third-order valence-electron chi connectivity index (χ3n) is 4.01. The molecule has 6 heteroatoms. The number of aromatic amines is 1. The molecule has 0 bridgehead atoms. The number of pyridine rings is 1. The molecule has 0 aliphatic carbocycles. The Morgan fingerprint density at radius 3 is 3.00 bits per heavy atom. The van der Waals surface area contributed by atoms with Crippen LogP contribution >= 0.6 is 0 Å². The number of fused-ring (bicyclic) bond motifs is 1. The van der Waals surface area contributed by atoms with Gasteiger partial charge in [-0.15, -0.1) is 0 Å². The Hall–Kier alpha value is -2.76. The van der Waals surface area contributed by atoms with E-state index in [1.165, 1.54) is 0 Å². The summed E-state index contributed by atoms with van der Waals surface area (Å²) in [5.41, 5.74) is 3.63. The zero-order chi connectivity index (χ0) is 15.1. The lowest BCUT2D eigenvalue weighted by atomic mass is 10.1. The number of anilines is 1. The van der Waals surface area contributed by atoms with E-state index in [0.29, 0.717) is 18.8 Å². The normalized spacial score (nSPS) is 15.0. The Kier molecular flexibility index (Phi) is 2.89. The number of nitrogens with one attached hydrogen (secondary N) is 1. The van der Waals surface area contributed by atoms with Crippen LogP contribution in [0.3, 0.4) is 0 Å². The number of carbonyl (C=O) groups excluding carboxylic acids is 1. The molecule has 4 rings (SSSR count). The number of carbonyl (C=O) groups is 1. The predicted molar refractivity (Wildman–Crippen MR) is 83.4 cm³/mol. The highest BCUT2D eigenvalue weighted by Gasteiger charge is 2.23. The first-order valence-electron chi connectivity index (χ1n) is 7.29. The largest absolute Gasteiger partial charge is 0.346 e. The van der Waals surface area contributed by atoms with E-state index in [0.717, 1.165) is 34.3 Å². The van der Waals surface area contributed by atoms with Gasteiger partial charge in [-0.2, -0.15) is 0 Å². The molecule has 1 N–H and O–H groups in total. The molecule has 1 saturated heterocycles. The summed E-state index contributed by atoms with van der Waals surface area (Å²) in [4.78, 5) is 29.9. The van der Waals surface area contributed by atoms with Crippen LogP contribution in [0.1, 0.15) is 18.4 Å². The molecule has 22 heavy (non-hydrogen) atoms. The van der Waals surface area contributed by atoms with Gasteiger partial charge in [0, 0.05) is 36.3 Å². The van der Waals surface area contributed by atoms with Crippen LogP contribution in [0.15, 0.2) is 30.9 Å². The average molecular weight is 293 g/mol. The van der Waals surface area contributed by atoms with Crippen molar-refractivity contribution in [3.8, 4) is 11.3 Å². The van der Waals surface area contributed by atoms with Gasteiger partial charge in [-0.05, 0) is 25.0 Å². The lowest BCUT2D eigenvalue weighted by molar-refractivity contribution is -0.117. The second-order valence-corrected chi connectivity index (χ2v) is 5.50. The molecule has 3 aromatic heterocycles. The Morgan fingerprint density at radius 1 is 1.27 bits per heavy atom. The summed E-state index contributed by atoms with van der Waals surface area (Å²) >= 11 is 0. The van der Waals surface area contributed by atoms with Gasteiger partial charge in [0.2, 0.25) is 5.91 Å². The molecule has 4 heterocycles. The molecule has 0 unspecified atom stereocenters. The fraction of sp³-hybridized carbons (Fsp3) is 0.250. The number of aromatic nitrogens is 4. The van der Waals surface area contributed by atoms with Crippen molar-refractivity contribution in [3.05, 3.63) is 36.4 Å². The molecule has 0 radical (unpaired) electrons. The maximum atomic E-state index is 11.8. The topological polar surface area (TPSA) is 74.8 Å². The second-order valence-electron chi connectivity index (χ2n) is 5.50. The molecular formula is C16H15N5O. The van der Waals surface area contributed by atoms with Crippen LogP contribution in [0.5, 0.6) is 0 Å². The molecule has 3 aromatic rings. The fourth-order valence-electron chi connectivity index (χ4n) is 2.79. The minimum absolute atomic E-state index is 0.113. The van der Waals surface area contributed by atoms with Crippen molar-refractivity contribution in [2.75, 3.05) is 11.4 Å². The van der Waals surface area contributed by atoms with Crippen molar-refractivity contribution in [2.45, 2.75) is 19.8 Å². The predicted octanol–water partition coefficient (Wildman–Crippen LogP) is 2.46. The summed E-state index contributed by atoms with van der Waals surface area (Å²) < 4.78 is 0. The molecule has 1 aliphatic rings. The summed E-state index contributed by atoms with van der Waals surface area (Å²) in [6.07, 6.45) is 8.52. The molecule has 0 spiro atoms. The third kappa shape index (κ3) is 2.04. The van der Waals surface area contributed by atoms with E-state index in [2.05, 4.69) is 19.9 Å². The second kappa shape index (κ2) is 4.91. The number of nitrogens with zero attached hydrogens (tertiary/aromatic N) is 4. The molecule has 0 saturated carbocycles. The van der Waals surface area contributed by atoms with Crippen LogP contribution in [0.4, 0.5) is 5.82 Å². The van der Waals surface area contributed by atoms with E-state index in [-0.39, 0.29) is 5.91 Å². The Bertz CT molecular complexity index is 870. The zero-order valence-corrected chi connectivity index (χ0v) is 12.2. The van der Waals surface area contributed by atoms with E-state index < -0.39 is 0 Å². The number of amides is 1. The summed E-state index contributed by atoms with van der Waals surface area (Å²) in [6, 6.07) is 2.05. The van der Waals surface area contributed by atoms with Crippen molar-refractivity contribution >= 4 is 22.8 Å². The van der Waals surface area contributed by atoms with Crippen molar-refractivity contribution in [2.24, 2.45) is 0 Å². The minimum Gasteiger partial charge on any atom is -0.346 e. The summed E-state index contributed by atoms with van der Waals surface area (Å²) in [6.45, 7) is 2.75. The Balaban J connectivity index is 1.77. The highest BCUT2D eigenvalue weighted by atomic mass is 16.2. The van der Waals surface area contributed by atoms with Gasteiger partial charge in [-0.25, -0.2) is 9.97 Å². The van der Waals surface area contributed by atoms with E-state index in [4.69, 9.17) is 0 Å². The van der Waals surface area contributed by atoms with E-state index in [1.54, 1.807) is 23.5 Å². The van der Waals surface area contributed by atoms with Crippen LogP contribution in [0.2, 0.25) is 0 Å². The molecule has 0 aromatic carbocycles. The first kappa shape index (κ1) is 12.9. The van der Waals surface area contributed by atoms with Gasteiger partial charge in [0.1, 0.15) is 5.65 Å². The Labute approximate surface area is 127 Å². The Morgan fingerprint density at radius 2 is 2.18 bits per heavy atom. The van der Waals surface area contributed by atoms with Gasteiger partial charge in [0.15, 0.2) is 5.82 Å². The van der Waals surface area contributed by atoms with Crippen LogP contribution in [0.25, 0.3) is 22.3 Å². The molecular weight excluding hydrogens is 278 g/mol. The van der Waals surface area contributed by atoms with Gasteiger partial charge in [-0.1, -0.05) is 0 Å². The molecule has 6 nitrogen and oxygen atoms in total. The van der Waals surface area contributed by atoms with Gasteiger partial charge in [0.05, 0.1) is 18.1 Å². The number of H-pyrrole nitrogens is 1. The molecule has 1 fully saturated rings. The zero-order valence-electron chi connectivity index (χ0n) is 12.2. The van der Waals surface area contributed by atoms with Gasteiger partial charge < -0.3 is 4.98 Å². The molecule has 110 valence electrons. The van der Waals surface area contributed by atoms with Gasteiger partial charge >= 0.3 is 0 Å². The van der Waals surface area contributed by atoms with Crippen LogP contribution in [0, 0.1) is 6.92 Å². The first-order valence-corrected chi connectivity index (χ1v) is 7.29. The monoisotopic (exact) mass is 293 g/mol. The van der Waals surface area contributed by atoms with Crippen LogP contribution in [-0.4, -0.2) is 32.4 Å². The summed E-state index contributed by atoms with van der Waals surface area (Å²) in [5.74, 6) is 0.729. The van der Waals surface area contributed by atoms with Crippen molar-refractivity contribution in [1.29, 1.82) is 0 Å². The molecule has 0 atom stereocenters. The quantitative estimate of drug-likeness (QED) is 0.787. The number of hydrogen-bond donors (Lipinski definition) is 1. The molecule has 1 aliphatic heterocycles. The summed E-state index contributed by atoms with van der Waals surface area (Å²) in [7, 11) is 0. The SMILES string of the molecule is Cc1c[nH]c2ncc(-c3cncc(N4CCCC4=O)n3)cc12. The third-order valence-corrected chi connectivity index (χ3v) is 4.01. The van der Waals surface area contributed by atoms with Crippen LogP contribution in [-0.2, 0) is 4.79 Å². The van der Waals surface area contributed by atoms with Crippen molar-refractivity contribution in [1.82, 2.24) is 19.9 Å². The van der Waals surface area contributed by atoms with Gasteiger partial charge in [-0.3, -0.25) is 14.7 Å². The number of hydrogen-bond acceptors (Lipinski definition) is 4. The smallest absolute Gasteiger partial charge is 0.228 e. The van der Waals surface area contributed by atoms with E-state index in [1.807, 2.05) is 19.2 Å². The first-order chi connectivity index (χ1) is 10.7. The average Bonchev–Trinajstić information content (AvgIpc) is 3.14.